The van der Waals surface area contributed by atoms with Gasteiger partial charge in [-0.25, -0.2) is 4.39 Å². The van der Waals surface area contributed by atoms with Gasteiger partial charge in [-0.15, -0.1) is 0 Å². The summed E-state index contributed by atoms with van der Waals surface area (Å²) < 4.78 is 19.1. The molecule has 0 radical (unpaired) electrons. The molecule has 0 bridgehead atoms. The maximum Gasteiger partial charge on any atom is 0.123 e. The van der Waals surface area contributed by atoms with Gasteiger partial charge in [-0.1, -0.05) is 26.8 Å². The second kappa shape index (κ2) is 5.81. The Morgan fingerprint density at radius 2 is 1.83 bits per heavy atom. The van der Waals surface area contributed by atoms with E-state index in [4.69, 9.17) is 4.74 Å². The van der Waals surface area contributed by atoms with Crippen LogP contribution in [-0.4, -0.2) is 20.3 Å². The lowest BCUT2D eigenvalue weighted by molar-refractivity contribution is -0.0102. The van der Waals surface area contributed by atoms with Crippen LogP contribution in [0, 0.1) is 18.2 Å². The summed E-state index contributed by atoms with van der Waals surface area (Å²) in [7, 11) is 3.58. The van der Waals surface area contributed by atoms with Crippen LogP contribution in [-0.2, 0) is 4.74 Å². The van der Waals surface area contributed by atoms with Gasteiger partial charge in [-0.3, -0.25) is 0 Å². The number of hydrogen-bond donors (Lipinski definition) is 1. The van der Waals surface area contributed by atoms with Crippen LogP contribution in [0.3, 0.4) is 0 Å². The minimum absolute atomic E-state index is 0.0237. The Bertz CT molecular complexity index is 378. The summed E-state index contributed by atoms with van der Waals surface area (Å²) in [4.78, 5) is 0. The standard InChI is InChI=1S/C15H24FNO/c1-10-7-11(9-12(16)8-10)13(17-5)14(18-6)15(2,3)4/h7-9,13-14,17H,1-6H3. The normalized spacial score (nSPS) is 15.5. The van der Waals surface area contributed by atoms with Crippen molar-refractivity contribution in [1.29, 1.82) is 0 Å². The highest BCUT2D eigenvalue weighted by Crippen LogP contribution is 2.32. The fourth-order valence-electron chi connectivity index (χ4n) is 2.43. The Morgan fingerprint density at radius 1 is 1.22 bits per heavy atom. The molecule has 18 heavy (non-hydrogen) atoms. The van der Waals surface area contributed by atoms with E-state index in [1.807, 2.05) is 20.0 Å². The van der Waals surface area contributed by atoms with Crippen LogP contribution in [0.15, 0.2) is 18.2 Å². The molecule has 0 aliphatic carbocycles. The maximum atomic E-state index is 13.5. The molecule has 0 aromatic heterocycles. The molecule has 2 unspecified atom stereocenters. The van der Waals surface area contributed by atoms with Crippen molar-refractivity contribution in [3.63, 3.8) is 0 Å². The smallest absolute Gasteiger partial charge is 0.123 e. The molecule has 3 heteroatoms. The quantitative estimate of drug-likeness (QED) is 0.887. The molecule has 0 saturated carbocycles. The van der Waals surface area contributed by atoms with Gasteiger partial charge in [-0.2, -0.15) is 0 Å². The molecule has 102 valence electrons. The Kier molecular flexibility index (Phi) is 4.88. The highest BCUT2D eigenvalue weighted by Gasteiger charge is 2.32. The zero-order chi connectivity index (χ0) is 13.9. The van der Waals surface area contributed by atoms with Gasteiger partial charge in [0.15, 0.2) is 0 Å². The van der Waals surface area contributed by atoms with Gasteiger partial charge in [0.2, 0.25) is 0 Å². The van der Waals surface area contributed by atoms with Crippen molar-refractivity contribution < 1.29 is 9.13 Å². The van der Waals surface area contributed by atoms with Gasteiger partial charge in [0.25, 0.3) is 0 Å². The summed E-state index contributed by atoms with van der Waals surface area (Å²) >= 11 is 0. The van der Waals surface area contributed by atoms with Gasteiger partial charge in [-0.05, 0) is 42.6 Å². The van der Waals surface area contributed by atoms with Crippen LogP contribution in [0.25, 0.3) is 0 Å². The number of likely N-dealkylation sites (N-methyl/N-ethyl adjacent to an activating group) is 1. The van der Waals surface area contributed by atoms with Crippen molar-refractivity contribution >= 4 is 0 Å². The minimum atomic E-state index is -0.200. The van der Waals surface area contributed by atoms with Crippen LogP contribution < -0.4 is 5.32 Å². The number of rotatable bonds is 4. The second-order valence-corrected chi connectivity index (χ2v) is 5.85. The first-order valence-corrected chi connectivity index (χ1v) is 6.26. The number of halogens is 1. The Morgan fingerprint density at radius 3 is 2.22 bits per heavy atom. The van der Waals surface area contributed by atoms with Gasteiger partial charge in [0, 0.05) is 7.11 Å². The van der Waals surface area contributed by atoms with E-state index in [0.717, 1.165) is 11.1 Å². The zero-order valence-electron chi connectivity index (χ0n) is 12.2. The van der Waals surface area contributed by atoms with Gasteiger partial charge < -0.3 is 10.1 Å². The summed E-state index contributed by atoms with van der Waals surface area (Å²) in [5.41, 5.74) is 1.83. The van der Waals surface area contributed by atoms with E-state index in [0.29, 0.717) is 0 Å². The fraction of sp³-hybridized carbons (Fsp3) is 0.600. The molecule has 0 heterocycles. The molecule has 1 rings (SSSR count). The van der Waals surface area contributed by atoms with Gasteiger partial charge in [0.1, 0.15) is 5.82 Å². The van der Waals surface area contributed by atoms with Crippen molar-refractivity contribution in [3.05, 3.63) is 35.1 Å². The average Bonchev–Trinajstić information content (AvgIpc) is 2.22. The number of ether oxygens (including phenoxy) is 1. The molecule has 0 aliphatic rings. The van der Waals surface area contributed by atoms with E-state index in [9.17, 15) is 4.39 Å². The molecule has 2 atom stereocenters. The maximum absolute atomic E-state index is 13.5. The molecule has 0 amide bonds. The van der Waals surface area contributed by atoms with Gasteiger partial charge in [0.05, 0.1) is 12.1 Å². The molecule has 0 spiro atoms. The lowest BCUT2D eigenvalue weighted by atomic mass is 9.81. The fourth-order valence-corrected chi connectivity index (χ4v) is 2.43. The third-order valence-electron chi connectivity index (χ3n) is 3.14. The van der Waals surface area contributed by atoms with E-state index in [2.05, 4.69) is 26.1 Å². The van der Waals surface area contributed by atoms with Crippen molar-refractivity contribution in [1.82, 2.24) is 5.32 Å². The number of aryl methyl sites for hydroxylation is 1. The average molecular weight is 253 g/mol. The lowest BCUT2D eigenvalue weighted by Gasteiger charge is -2.36. The number of benzene rings is 1. The largest absolute Gasteiger partial charge is 0.379 e. The number of nitrogens with one attached hydrogen (secondary N) is 1. The third kappa shape index (κ3) is 3.53. The number of methoxy groups -OCH3 is 1. The van der Waals surface area contributed by atoms with Crippen molar-refractivity contribution in [3.8, 4) is 0 Å². The van der Waals surface area contributed by atoms with Crippen LogP contribution in [0.2, 0.25) is 0 Å². The zero-order valence-corrected chi connectivity index (χ0v) is 12.2. The summed E-state index contributed by atoms with van der Waals surface area (Å²) in [5, 5.41) is 3.24. The summed E-state index contributed by atoms with van der Waals surface area (Å²) in [5.74, 6) is -0.200. The van der Waals surface area contributed by atoms with E-state index in [1.165, 1.54) is 6.07 Å². The van der Waals surface area contributed by atoms with Crippen molar-refractivity contribution in [2.24, 2.45) is 5.41 Å². The first-order chi connectivity index (χ1) is 8.29. The summed E-state index contributed by atoms with van der Waals surface area (Å²) in [6.07, 6.45) is -0.0244. The lowest BCUT2D eigenvalue weighted by Crippen LogP contribution is -2.40. The molecule has 0 fully saturated rings. The molecule has 1 N–H and O–H groups in total. The SMILES string of the molecule is CNC(c1cc(C)cc(F)c1)C(OC)C(C)(C)C. The summed E-state index contributed by atoms with van der Waals surface area (Å²) in [6.45, 7) is 8.27. The number of hydrogen-bond acceptors (Lipinski definition) is 2. The van der Waals surface area contributed by atoms with E-state index >= 15 is 0 Å². The summed E-state index contributed by atoms with van der Waals surface area (Å²) in [6, 6.07) is 5.09. The molecule has 2 nitrogen and oxygen atoms in total. The highest BCUT2D eigenvalue weighted by atomic mass is 19.1. The van der Waals surface area contributed by atoms with Gasteiger partial charge >= 0.3 is 0 Å². The minimum Gasteiger partial charge on any atom is -0.379 e. The first-order valence-electron chi connectivity index (χ1n) is 6.26. The van der Waals surface area contributed by atoms with E-state index in [1.54, 1.807) is 13.2 Å². The van der Waals surface area contributed by atoms with Crippen molar-refractivity contribution in [2.75, 3.05) is 14.2 Å². The van der Waals surface area contributed by atoms with Crippen LogP contribution in [0.1, 0.15) is 37.9 Å². The van der Waals surface area contributed by atoms with Crippen LogP contribution in [0.5, 0.6) is 0 Å². The van der Waals surface area contributed by atoms with Crippen LogP contribution in [0.4, 0.5) is 4.39 Å². The van der Waals surface area contributed by atoms with E-state index in [-0.39, 0.29) is 23.4 Å². The first kappa shape index (κ1) is 15.1. The Labute approximate surface area is 110 Å². The third-order valence-corrected chi connectivity index (χ3v) is 3.14. The molecule has 1 aromatic carbocycles. The molecular weight excluding hydrogens is 229 g/mol. The molecule has 0 saturated heterocycles. The predicted octanol–water partition coefficient (Wildman–Crippen LogP) is 3.46. The Hall–Kier alpha value is -0.930. The monoisotopic (exact) mass is 253 g/mol. The topological polar surface area (TPSA) is 21.3 Å². The van der Waals surface area contributed by atoms with Crippen LogP contribution >= 0.6 is 0 Å². The van der Waals surface area contributed by atoms with E-state index < -0.39 is 0 Å². The molecule has 0 aliphatic heterocycles. The predicted molar refractivity (Wildman–Crippen MR) is 73.2 cm³/mol. The molecular formula is C15H24FNO. The van der Waals surface area contributed by atoms with Crippen molar-refractivity contribution in [2.45, 2.75) is 39.8 Å². The second-order valence-electron chi connectivity index (χ2n) is 5.85. The Balaban J connectivity index is 3.15. The molecule has 1 aromatic rings. The highest BCUT2D eigenvalue weighted by molar-refractivity contribution is 5.27.